The number of esters is 1. The Hall–Kier alpha value is -3.48. The molecule has 0 saturated carbocycles. The molecule has 1 atom stereocenters. The Morgan fingerprint density at radius 3 is 1.92 bits per heavy atom. The van der Waals surface area contributed by atoms with Gasteiger partial charge in [0.2, 0.25) is 5.91 Å². The molecule has 0 fully saturated rings. The summed E-state index contributed by atoms with van der Waals surface area (Å²) in [7, 11) is 1.38. The fourth-order valence-electron chi connectivity index (χ4n) is 5.35. The first-order valence-electron chi connectivity index (χ1n) is 12.0. The van der Waals surface area contributed by atoms with Crippen LogP contribution in [-0.4, -0.2) is 24.5 Å². The smallest absolute Gasteiger partial charge is 0.331 e. The second kappa shape index (κ2) is 8.87. The zero-order valence-corrected chi connectivity index (χ0v) is 21.7. The number of benzene rings is 3. The first kappa shape index (κ1) is 23.0. The minimum atomic E-state index is -1.04. The van der Waals surface area contributed by atoms with Crippen LogP contribution in [0.25, 0.3) is 41.1 Å². The second-order valence-electron chi connectivity index (χ2n) is 9.40. The Kier molecular flexibility index (Phi) is 5.66. The lowest BCUT2D eigenvalue weighted by Gasteiger charge is -2.36. The minimum absolute atomic E-state index is 0.226. The molecule has 0 bridgehead atoms. The van der Waals surface area contributed by atoms with Gasteiger partial charge in [-0.05, 0) is 71.1 Å². The topological polar surface area (TPSA) is 55.4 Å². The Morgan fingerprint density at radius 1 is 0.833 bits per heavy atom. The standard InChI is InChI=1S/C30H25NO3S2/c1-18(32)31-30(29(33)34-2)12-11-19-13-23(27-15-20-7-3-5-9-25(20)35-27)24(14-22(19)17-30)28-16-21-8-4-6-10-26(21)36-28/h3-10,13-16H,11-12,17H2,1-2H3,(H,31,32). The summed E-state index contributed by atoms with van der Waals surface area (Å²) in [6, 6.07) is 26.0. The van der Waals surface area contributed by atoms with Crippen LogP contribution in [0.4, 0.5) is 0 Å². The first-order chi connectivity index (χ1) is 17.5. The molecule has 1 aliphatic rings. The van der Waals surface area contributed by atoms with Gasteiger partial charge >= 0.3 is 5.97 Å². The Bertz CT molecular complexity index is 1580. The van der Waals surface area contributed by atoms with Gasteiger partial charge in [0.25, 0.3) is 0 Å². The molecule has 1 amide bonds. The summed E-state index contributed by atoms with van der Waals surface area (Å²) in [5, 5.41) is 5.39. The number of hydrogen-bond acceptors (Lipinski definition) is 5. The number of carbonyl (C=O) groups is 2. The number of amides is 1. The Labute approximate surface area is 217 Å². The van der Waals surface area contributed by atoms with Crippen LogP contribution in [0.2, 0.25) is 0 Å². The number of thiophene rings is 2. The largest absolute Gasteiger partial charge is 0.467 e. The number of nitrogens with one attached hydrogen (secondary N) is 1. The van der Waals surface area contributed by atoms with Crippen LogP contribution in [0.1, 0.15) is 24.5 Å². The van der Waals surface area contributed by atoms with E-state index in [1.54, 1.807) is 22.7 Å². The quantitative estimate of drug-likeness (QED) is 0.265. The van der Waals surface area contributed by atoms with Crippen molar-refractivity contribution < 1.29 is 14.3 Å². The van der Waals surface area contributed by atoms with E-state index < -0.39 is 5.54 Å². The van der Waals surface area contributed by atoms with E-state index in [-0.39, 0.29) is 11.9 Å². The van der Waals surface area contributed by atoms with Gasteiger partial charge < -0.3 is 10.1 Å². The Balaban J connectivity index is 1.54. The lowest BCUT2D eigenvalue weighted by molar-refractivity contribution is -0.151. The van der Waals surface area contributed by atoms with Crippen molar-refractivity contribution in [2.75, 3.05) is 7.11 Å². The van der Waals surface area contributed by atoms with Gasteiger partial charge in [-0.2, -0.15) is 0 Å². The van der Waals surface area contributed by atoms with E-state index in [0.717, 1.165) is 11.1 Å². The molecular formula is C30H25NO3S2. The molecule has 36 heavy (non-hydrogen) atoms. The zero-order chi connectivity index (χ0) is 24.9. The van der Waals surface area contributed by atoms with Crippen LogP contribution in [0.3, 0.4) is 0 Å². The summed E-state index contributed by atoms with van der Waals surface area (Å²) >= 11 is 3.59. The van der Waals surface area contributed by atoms with Crippen molar-refractivity contribution in [3.8, 4) is 20.9 Å². The second-order valence-corrected chi connectivity index (χ2v) is 11.6. The third-order valence-electron chi connectivity index (χ3n) is 7.03. The highest BCUT2D eigenvalue weighted by atomic mass is 32.1. The van der Waals surface area contributed by atoms with Gasteiger partial charge in [0.05, 0.1) is 7.11 Å². The Morgan fingerprint density at radius 2 is 1.39 bits per heavy atom. The monoisotopic (exact) mass is 511 g/mol. The van der Waals surface area contributed by atoms with Gasteiger partial charge in [0.15, 0.2) is 0 Å². The van der Waals surface area contributed by atoms with Crippen molar-refractivity contribution >= 4 is 54.7 Å². The molecule has 2 heterocycles. The van der Waals surface area contributed by atoms with Crippen molar-refractivity contribution in [3.05, 3.63) is 83.9 Å². The highest BCUT2D eigenvalue weighted by Gasteiger charge is 2.43. The normalized spacial score (nSPS) is 17.2. The highest BCUT2D eigenvalue weighted by Crippen LogP contribution is 2.45. The number of carbonyl (C=O) groups excluding carboxylic acids is 2. The van der Waals surface area contributed by atoms with Crippen LogP contribution in [0, 0.1) is 0 Å². The van der Waals surface area contributed by atoms with E-state index in [0.29, 0.717) is 19.3 Å². The zero-order valence-electron chi connectivity index (χ0n) is 20.1. The fourth-order valence-corrected chi connectivity index (χ4v) is 7.54. The maximum atomic E-state index is 12.9. The molecule has 0 aliphatic heterocycles. The van der Waals surface area contributed by atoms with E-state index in [2.05, 4.69) is 78.1 Å². The molecule has 2 aromatic heterocycles. The van der Waals surface area contributed by atoms with Crippen molar-refractivity contribution in [3.63, 3.8) is 0 Å². The summed E-state index contributed by atoms with van der Waals surface area (Å²) in [5.74, 6) is -0.615. The lowest BCUT2D eigenvalue weighted by Crippen LogP contribution is -2.57. The van der Waals surface area contributed by atoms with Crippen molar-refractivity contribution in [2.45, 2.75) is 31.7 Å². The number of methoxy groups -OCH3 is 1. The average molecular weight is 512 g/mol. The SMILES string of the molecule is COC(=O)C1(NC(C)=O)CCc2cc(-c3cc4ccccc4s3)c(-c3cc4ccccc4s3)cc2C1. The first-order valence-corrected chi connectivity index (χ1v) is 13.6. The minimum Gasteiger partial charge on any atom is -0.467 e. The van der Waals surface area contributed by atoms with Crippen LogP contribution < -0.4 is 5.32 Å². The van der Waals surface area contributed by atoms with Gasteiger partial charge in [-0.3, -0.25) is 4.79 Å². The van der Waals surface area contributed by atoms with E-state index in [4.69, 9.17) is 4.74 Å². The summed E-state index contributed by atoms with van der Waals surface area (Å²) in [6.45, 7) is 1.45. The van der Waals surface area contributed by atoms with Crippen LogP contribution in [0.15, 0.2) is 72.8 Å². The number of ether oxygens (including phenoxy) is 1. The van der Waals surface area contributed by atoms with Gasteiger partial charge in [-0.25, -0.2) is 4.79 Å². The van der Waals surface area contributed by atoms with Gasteiger partial charge in [0.1, 0.15) is 5.54 Å². The van der Waals surface area contributed by atoms with E-state index in [9.17, 15) is 9.59 Å². The molecule has 3 aromatic carbocycles. The number of hydrogen-bond donors (Lipinski definition) is 1. The number of aryl methyl sites for hydroxylation is 1. The van der Waals surface area contributed by atoms with Gasteiger partial charge in [-0.15, -0.1) is 22.7 Å². The molecule has 4 nitrogen and oxygen atoms in total. The van der Waals surface area contributed by atoms with Crippen LogP contribution in [-0.2, 0) is 27.2 Å². The van der Waals surface area contributed by atoms with Gasteiger partial charge in [0, 0.05) is 43.6 Å². The third kappa shape index (κ3) is 3.91. The molecule has 0 saturated heterocycles. The lowest BCUT2D eigenvalue weighted by atomic mass is 9.76. The average Bonchev–Trinajstić information content (AvgIpc) is 3.51. The molecule has 6 rings (SSSR count). The molecule has 180 valence electrons. The van der Waals surface area contributed by atoms with E-state index >= 15 is 0 Å². The molecule has 1 unspecified atom stereocenters. The predicted molar refractivity (Wildman–Crippen MR) is 149 cm³/mol. The van der Waals surface area contributed by atoms with Crippen LogP contribution >= 0.6 is 22.7 Å². The molecule has 1 N–H and O–H groups in total. The predicted octanol–water partition coefficient (Wildman–Crippen LogP) is 6.99. The number of rotatable bonds is 4. The molecule has 6 heteroatoms. The van der Waals surface area contributed by atoms with Crippen molar-refractivity contribution in [1.29, 1.82) is 0 Å². The summed E-state index contributed by atoms with van der Waals surface area (Å²) < 4.78 is 7.65. The van der Waals surface area contributed by atoms with Crippen molar-refractivity contribution in [1.82, 2.24) is 5.32 Å². The summed E-state index contributed by atoms with van der Waals surface area (Å²) in [6.07, 6.45) is 1.62. The molecular weight excluding hydrogens is 486 g/mol. The molecule has 0 radical (unpaired) electrons. The van der Waals surface area contributed by atoms with Crippen LogP contribution in [0.5, 0.6) is 0 Å². The third-order valence-corrected chi connectivity index (χ3v) is 9.33. The molecule has 0 spiro atoms. The maximum absolute atomic E-state index is 12.9. The number of fused-ring (bicyclic) bond motifs is 3. The maximum Gasteiger partial charge on any atom is 0.331 e. The fraction of sp³-hybridized carbons (Fsp3) is 0.200. The van der Waals surface area contributed by atoms with Gasteiger partial charge in [-0.1, -0.05) is 36.4 Å². The van der Waals surface area contributed by atoms with E-state index in [1.807, 2.05) is 0 Å². The summed E-state index contributed by atoms with van der Waals surface area (Å²) in [5.41, 5.74) is 3.64. The van der Waals surface area contributed by atoms with E-state index in [1.165, 1.54) is 55.1 Å². The molecule has 5 aromatic rings. The molecule has 1 aliphatic carbocycles. The summed E-state index contributed by atoms with van der Waals surface area (Å²) in [4.78, 5) is 27.3. The van der Waals surface area contributed by atoms with Crippen molar-refractivity contribution in [2.24, 2.45) is 0 Å². The highest BCUT2D eigenvalue weighted by molar-refractivity contribution is 7.23.